The molecule has 1 aliphatic heterocycles. The van der Waals surface area contributed by atoms with Gasteiger partial charge >= 0.3 is 7.12 Å². The molecule has 6 nitrogen and oxygen atoms in total. The van der Waals surface area contributed by atoms with Crippen LogP contribution in [-0.2, 0) is 9.31 Å². The van der Waals surface area contributed by atoms with Gasteiger partial charge in [0.2, 0.25) is 0 Å². The highest BCUT2D eigenvalue weighted by atomic mass is 19.1. The highest BCUT2D eigenvalue weighted by Gasteiger charge is 2.52. The lowest BCUT2D eigenvalue weighted by molar-refractivity contribution is 0.00578. The van der Waals surface area contributed by atoms with Crippen molar-refractivity contribution in [1.29, 1.82) is 0 Å². The third-order valence-corrected chi connectivity index (χ3v) is 4.83. The first-order valence-corrected chi connectivity index (χ1v) is 7.98. The van der Waals surface area contributed by atoms with Crippen molar-refractivity contribution in [3.8, 4) is 0 Å². The van der Waals surface area contributed by atoms with E-state index in [2.05, 4.69) is 15.0 Å². The Balaban J connectivity index is 1.93. The van der Waals surface area contributed by atoms with Crippen molar-refractivity contribution in [2.24, 2.45) is 0 Å². The third kappa shape index (κ3) is 3.19. The summed E-state index contributed by atoms with van der Waals surface area (Å²) < 4.78 is 31.0. The Hall–Kier alpha value is -2.19. The zero-order chi connectivity index (χ0) is 18.4. The maximum absolute atomic E-state index is 14.4. The van der Waals surface area contributed by atoms with E-state index in [9.17, 15) is 9.18 Å². The number of aromatic nitrogens is 1. The Kier molecular flexibility index (Phi) is 4.21. The lowest BCUT2D eigenvalue weighted by Crippen LogP contribution is -2.41. The van der Waals surface area contributed by atoms with E-state index in [0.717, 1.165) is 0 Å². The average Bonchev–Trinajstić information content (AvgIpc) is 3.08. The molecule has 0 atom stereocenters. The molecule has 132 valence electrons. The maximum Gasteiger partial charge on any atom is 0.495 e. The number of carbonyl (C=O) groups is 1. The van der Waals surface area contributed by atoms with Crippen molar-refractivity contribution in [2.45, 2.75) is 45.8 Å². The van der Waals surface area contributed by atoms with Gasteiger partial charge in [-0.2, -0.15) is 0 Å². The van der Waals surface area contributed by atoms with E-state index in [1.807, 2.05) is 27.7 Å². The van der Waals surface area contributed by atoms with Crippen LogP contribution in [0.3, 0.4) is 0 Å². The van der Waals surface area contributed by atoms with Gasteiger partial charge in [0, 0.05) is 11.6 Å². The zero-order valence-electron chi connectivity index (χ0n) is 14.8. The molecule has 1 aliphatic rings. The topological polar surface area (TPSA) is 73.6 Å². The Morgan fingerprint density at radius 2 is 1.84 bits per heavy atom. The predicted molar refractivity (Wildman–Crippen MR) is 91.3 cm³/mol. The number of amides is 1. The van der Waals surface area contributed by atoms with Crippen molar-refractivity contribution in [2.75, 3.05) is 5.32 Å². The van der Waals surface area contributed by atoms with Crippen LogP contribution in [0.5, 0.6) is 0 Å². The standard InChI is InChI=1S/C17H20BFN2O4/c1-10-12(18-24-16(2,3)17(4,5)25-18)8-11(9-13(10)19)15(22)20-14-6-7-23-21-14/h6-9H,1-5H3,(H,20,21,22). The quantitative estimate of drug-likeness (QED) is 0.865. The van der Waals surface area contributed by atoms with E-state index in [1.165, 1.54) is 18.4 Å². The molecule has 0 radical (unpaired) electrons. The number of anilines is 1. The number of rotatable bonds is 3. The van der Waals surface area contributed by atoms with Crippen molar-refractivity contribution in [3.05, 3.63) is 41.4 Å². The van der Waals surface area contributed by atoms with Gasteiger partial charge in [0.15, 0.2) is 5.82 Å². The van der Waals surface area contributed by atoms with Crippen LogP contribution in [0.4, 0.5) is 10.2 Å². The normalized spacial score (nSPS) is 18.4. The number of nitrogens with zero attached hydrogens (tertiary/aromatic N) is 1. The second-order valence-corrected chi connectivity index (χ2v) is 7.10. The van der Waals surface area contributed by atoms with Crippen LogP contribution in [0, 0.1) is 12.7 Å². The minimum atomic E-state index is -0.751. The van der Waals surface area contributed by atoms with E-state index < -0.39 is 30.0 Å². The molecule has 0 aliphatic carbocycles. The number of carbonyl (C=O) groups excluding carboxylic acids is 1. The van der Waals surface area contributed by atoms with Gasteiger partial charge in [-0.25, -0.2) is 4.39 Å². The van der Waals surface area contributed by atoms with Crippen molar-refractivity contribution < 1.29 is 23.0 Å². The minimum Gasteiger partial charge on any atom is -0.399 e. The number of halogens is 1. The van der Waals surface area contributed by atoms with Crippen LogP contribution < -0.4 is 10.8 Å². The van der Waals surface area contributed by atoms with E-state index in [-0.39, 0.29) is 11.4 Å². The molecule has 0 bridgehead atoms. The molecule has 1 aromatic carbocycles. The lowest BCUT2D eigenvalue weighted by Gasteiger charge is -2.32. The summed E-state index contributed by atoms with van der Waals surface area (Å²) in [7, 11) is -0.751. The molecule has 3 rings (SSSR count). The van der Waals surface area contributed by atoms with E-state index in [4.69, 9.17) is 9.31 Å². The molecule has 2 heterocycles. The van der Waals surface area contributed by atoms with Gasteiger partial charge in [-0.1, -0.05) is 5.16 Å². The molecule has 2 aromatic rings. The molecule has 8 heteroatoms. The van der Waals surface area contributed by atoms with Crippen molar-refractivity contribution in [1.82, 2.24) is 5.16 Å². The number of hydrogen-bond donors (Lipinski definition) is 1. The second-order valence-electron chi connectivity index (χ2n) is 7.10. The van der Waals surface area contributed by atoms with Gasteiger partial charge in [-0.3, -0.25) is 4.79 Å². The molecule has 1 fully saturated rings. The Morgan fingerprint density at radius 1 is 1.20 bits per heavy atom. The number of benzene rings is 1. The van der Waals surface area contributed by atoms with Gasteiger partial charge in [-0.05, 0) is 57.8 Å². The van der Waals surface area contributed by atoms with E-state index in [1.54, 1.807) is 13.0 Å². The van der Waals surface area contributed by atoms with Crippen LogP contribution in [0.2, 0.25) is 0 Å². The molecule has 1 saturated heterocycles. The van der Waals surface area contributed by atoms with Crippen LogP contribution in [0.1, 0.15) is 43.6 Å². The van der Waals surface area contributed by atoms with Gasteiger partial charge in [-0.15, -0.1) is 0 Å². The van der Waals surface area contributed by atoms with Gasteiger partial charge < -0.3 is 19.1 Å². The summed E-state index contributed by atoms with van der Waals surface area (Å²) in [5, 5.41) is 6.15. The highest BCUT2D eigenvalue weighted by Crippen LogP contribution is 2.36. The van der Waals surface area contributed by atoms with Gasteiger partial charge in [0.25, 0.3) is 5.91 Å². The lowest BCUT2D eigenvalue weighted by atomic mass is 9.75. The molecular formula is C17H20BFN2O4. The minimum absolute atomic E-state index is 0.149. The average molecular weight is 346 g/mol. The summed E-state index contributed by atoms with van der Waals surface area (Å²) in [4.78, 5) is 12.4. The summed E-state index contributed by atoms with van der Waals surface area (Å²) in [6.07, 6.45) is 1.33. The number of hydrogen-bond acceptors (Lipinski definition) is 5. The Morgan fingerprint density at radius 3 is 2.40 bits per heavy atom. The fraction of sp³-hybridized carbons (Fsp3) is 0.412. The molecule has 1 aromatic heterocycles. The third-order valence-electron chi connectivity index (χ3n) is 4.83. The molecule has 1 amide bonds. The molecule has 25 heavy (non-hydrogen) atoms. The monoisotopic (exact) mass is 346 g/mol. The predicted octanol–water partition coefficient (Wildman–Crippen LogP) is 2.67. The zero-order valence-corrected chi connectivity index (χ0v) is 14.8. The Bertz CT molecular complexity index is 789. The highest BCUT2D eigenvalue weighted by molar-refractivity contribution is 6.62. The number of nitrogens with one attached hydrogen (secondary N) is 1. The molecule has 0 saturated carbocycles. The largest absolute Gasteiger partial charge is 0.495 e. The molecule has 0 spiro atoms. The first kappa shape index (κ1) is 17.6. The van der Waals surface area contributed by atoms with E-state index >= 15 is 0 Å². The van der Waals surface area contributed by atoms with Crippen molar-refractivity contribution in [3.63, 3.8) is 0 Å². The summed E-state index contributed by atoms with van der Waals surface area (Å²) >= 11 is 0. The molecule has 0 unspecified atom stereocenters. The maximum atomic E-state index is 14.4. The fourth-order valence-electron chi connectivity index (χ4n) is 2.51. The van der Waals surface area contributed by atoms with Crippen LogP contribution in [0.15, 0.2) is 29.0 Å². The van der Waals surface area contributed by atoms with Gasteiger partial charge in [0.1, 0.15) is 12.1 Å². The molecule has 1 N–H and O–H groups in total. The summed E-state index contributed by atoms with van der Waals surface area (Å²) in [5.41, 5.74) is -0.0877. The van der Waals surface area contributed by atoms with E-state index in [0.29, 0.717) is 11.0 Å². The van der Waals surface area contributed by atoms with Gasteiger partial charge in [0.05, 0.1) is 11.2 Å². The first-order chi connectivity index (χ1) is 11.6. The second kappa shape index (κ2) is 5.96. The smallest absolute Gasteiger partial charge is 0.399 e. The summed E-state index contributed by atoms with van der Waals surface area (Å²) in [6, 6.07) is 4.26. The van der Waals surface area contributed by atoms with Crippen molar-refractivity contribution >= 4 is 24.3 Å². The summed E-state index contributed by atoms with van der Waals surface area (Å²) in [5.74, 6) is -0.744. The Labute approximate surface area is 145 Å². The SMILES string of the molecule is Cc1c(F)cc(C(=O)Nc2ccon2)cc1B1OC(C)(C)C(C)(C)O1. The summed E-state index contributed by atoms with van der Waals surface area (Å²) in [6.45, 7) is 9.30. The van der Waals surface area contributed by atoms with Crippen LogP contribution in [0.25, 0.3) is 0 Å². The van der Waals surface area contributed by atoms with Crippen LogP contribution in [-0.4, -0.2) is 29.4 Å². The van der Waals surface area contributed by atoms with Crippen LogP contribution >= 0.6 is 0 Å². The molecular weight excluding hydrogens is 326 g/mol. The first-order valence-electron chi connectivity index (χ1n) is 7.98. The fourth-order valence-corrected chi connectivity index (χ4v) is 2.51.